The van der Waals surface area contributed by atoms with Gasteiger partial charge in [-0.25, -0.2) is 0 Å². The Morgan fingerprint density at radius 2 is 2.00 bits per heavy atom. The standard InChI is InChI=1S/C19H27N3O/c1-11(2)15-7-5-12(3)9-16(15)19(23)22-14-6-8-17-18(10-14)21-13(4)20-17/h6,8,10-12,15-16,20-21H,4-5,7,9H2,1-3H3,(H,22,23)/t12-,15+,16-/m1/s1. The zero-order chi connectivity index (χ0) is 16.6. The number of amides is 1. The van der Waals surface area contributed by atoms with Crippen molar-refractivity contribution in [3.05, 3.63) is 30.6 Å². The van der Waals surface area contributed by atoms with Gasteiger partial charge in [0, 0.05) is 11.6 Å². The van der Waals surface area contributed by atoms with Crippen LogP contribution in [-0.4, -0.2) is 5.91 Å². The zero-order valence-electron chi connectivity index (χ0n) is 14.3. The molecule has 4 heteroatoms. The van der Waals surface area contributed by atoms with Crippen LogP contribution < -0.4 is 16.0 Å². The van der Waals surface area contributed by atoms with Gasteiger partial charge >= 0.3 is 0 Å². The van der Waals surface area contributed by atoms with Gasteiger partial charge in [0.15, 0.2) is 0 Å². The van der Waals surface area contributed by atoms with E-state index in [1.165, 1.54) is 6.42 Å². The summed E-state index contributed by atoms with van der Waals surface area (Å²) >= 11 is 0. The molecule has 0 spiro atoms. The van der Waals surface area contributed by atoms with Gasteiger partial charge in [-0.2, -0.15) is 0 Å². The van der Waals surface area contributed by atoms with Crippen LogP contribution in [0.25, 0.3) is 0 Å². The highest BCUT2D eigenvalue weighted by Gasteiger charge is 2.35. The number of carbonyl (C=O) groups is 1. The van der Waals surface area contributed by atoms with Crippen LogP contribution in [-0.2, 0) is 4.79 Å². The van der Waals surface area contributed by atoms with E-state index in [0.717, 1.165) is 35.7 Å². The van der Waals surface area contributed by atoms with Crippen molar-refractivity contribution in [2.45, 2.75) is 40.0 Å². The third kappa shape index (κ3) is 3.36. The van der Waals surface area contributed by atoms with Crippen LogP contribution in [0.2, 0.25) is 0 Å². The third-order valence-corrected chi connectivity index (χ3v) is 5.22. The molecular formula is C19H27N3O. The number of nitrogens with one attached hydrogen (secondary N) is 3. The lowest BCUT2D eigenvalue weighted by atomic mass is 9.70. The van der Waals surface area contributed by atoms with Crippen molar-refractivity contribution in [2.75, 3.05) is 16.0 Å². The fraction of sp³-hybridized carbons (Fsp3) is 0.526. The summed E-state index contributed by atoms with van der Waals surface area (Å²) in [6.07, 6.45) is 3.39. The SMILES string of the molecule is C=C1Nc2ccc(NC(=O)[C@@H]3C[C@H](C)CC[C@H]3C(C)C)cc2N1. The normalized spacial score (nSPS) is 26.4. The Kier molecular flexibility index (Phi) is 4.33. The highest BCUT2D eigenvalue weighted by atomic mass is 16.1. The van der Waals surface area contributed by atoms with E-state index in [2.05, 4.69) is 43.3 Å². The van der Waals surface area contributed by atoms with Gasteiger partial charge in [-0.1, -0.05) is 33.8 Å². The number of hydrogen-bond donors (Lipinski definition) is 3. The lowest BCUT2D eigenvalue weighted by molar-refractivity contribution is -0.123. The summed E-state index contributed by atoms with van der Waals surface area (Å²) in [4.78, 5) is 12.8. The number of anilines is 3. The molecule has 3 atom stereocenters. The van der Waals surface area contributed by atoms with Crippen molar-refractivity contribution in [3.8, 4) is 0 Å². The Morgan fingerprint density at radius 1 is 1.26 bits per heavy atom. The number of benzene rings is 1. The molecule has 1 saturated carbocycles. The lowest BCUT2D eigenvalue weighted by Gasteiger charge is -2.36. The monoisotopic (exact) mass is 313 g/mol. The van der Waals surface area contributed by atoms with Crippen LogP contribution >= 0.6 is 0 Å². The van der Waals surface area contributed by atoms with Crippen molar-refractivity contribution in [3.63, 3.8) is 0 Å². The lowest BCUT2D eigenvalue weighted by Crippen LogP contribution is -2.36. The molecule has 1 aliphatic heterocycles. The second-order valence-corrected chi connectivity index (χ2v) is 7.41. The summed E-state index contributed by atoms with van der Waals surface area (Å²) in [6.45, 7) is 10.6. The van der Waals surface area contributed by atoms with E-state index >= 15 is 0 Å². The van der Waals surface area contributed by atoms with Gasteiger partial charge in [-0.15, -0.1) is 0 Å². The molecule has 1 fully saturated rings. The average molecular weight is 313 g/mol. The summed E-state index contributed by atoms with van der Waals surface area (Å²) in [5, 5.41) is 9.44. The molecule has 0 unspecified atom stereocenters. The van der Waals surface area contributed by atoms with E-state index in [1.807, 2.05) is 18.2 Å². The maximum atomic E-state index is 12.8. The second-order valence-electron chi connectivity index (χ2n) is 7.41. The van der Waals surface area contributed by atoms with Gasteiger partial charge in [0.25, 0.3) is 0 Å². The molecule has 0 radical (unpaired) electrons. The van der Waals surface area contributed by atoms with E-state index in [1.54, 1.807) is 0 Å². The summed E-state index contributed by atoms with van der Waals surface area (Å²) in [5.74, 6) is 2.72. The molecule has 0 bridgehead atoms. The van der Waals surface area contributed by atoms with Crippen molar-refractivity contribution in [2.24, 2.45) is 23.7 Å². The Hall–Kier alpha value is -1.97. The molecule has 2 aliphatic rings. The Bertz CT molecular complexity index is 623. The van der Waals surface area contributed by atoms with Gasteiger partial charge in [0.1, 0.15) is 5.82 Å². The highest BCUT2D eigenvalue weighted by molar-refractivity contribution is 5.94. The van der Waals surface area contributed by atoms with Gasteiger partial charge < -0.3 is 16.0 Å². The van der Waals surface area contributed by atoms with Crippen LogP contribution in [0.5, 0.6) is 0 Å². The topological polar surface area (TPSA) is 53.2 Å². The quantitative estimate of drug-likeness (QED) is 0.762. The smallest absolute Gasteiger partial charge is 0.227 e. The molecule has 124 valence electrons. The molecule has 3 N–H and O–H groups in total. The van der Waals surface area contributed by atoms with E-state index in [0.29, 0.717) is 17.8 Å². The number of carbonyl (C=O) groups excluding carboxylic acids is 1. The van der Waals surface area contributed by atoms with Crippen molar-refractivity contribution in [1.82, 2.24) is 0 Å². The molecule has 23 heavy (non-hydrogen) atoms. The Labute approximate surface area is 138 Å². The summed E-state index contributed by atoms with van der Waals surface area (Å²) < 4.78 is 0. The van der Waals surface area contributed by atoms with Crippen LogP contribution in [0.15, 0.2) is 30.6 Å². The van der Waals surface area contributed by atoms with E-state index < -0.39 is 0 Å². The minimum atomic E-state index is 0.119. The summed E-state index contributed by atoms with van der Waals surface area (Å²) in [6, 6.07) is 5.88. The molecular weight excluding hydrogens is 286 g/mol. The number of hydrogen-bond acceptors (Lipinski definition) is 3. The predicted octanol–water partition coefficient (Wildman–Crippen LogP) is 4.64. The minimum Gasteiger partial charge on any atom is -0.341 e. The van der Waals surface area contributed by atoms with Gasteiger partial charge in [0.2, 0.25) is 5.91 Å². The molecule has 1 amide bonds. The Balaban J connectivity index is 1.73. The fourth-order valence-corrected chi connectivity index (χ4v) is 3.93. The number of fused-ring (bicyclic) bond motifs is 1. The average Bonchev–Trinajstić information content (AvgIpc) is 2.86. The van der Waals surface area contributed by atoms with Crippen LogP contribution in [0.4, 0.5) is 17.1 Å². The number of rotatable bonds is 3. The van der Waals surface area contributed by atoms with Crippen LogP contribution in [0, 0.1) is 23.7 Å². The predicted molar refractivity (Wildman–Crippen MR) is 96.3 cm³/mol. The van der Waals surface area contributed by atoms with Crippen molar-refractivity contribution >= 4 is 23.0 Å². The maximum absolute atomic E-state index is 12.8. The van der Waals surface area contributed by atoms with E-state index in [9.17, 15) is 4.79 Å². The van der Waals surface area contributed by atoms with Crippen molar-refractivity contribution < 1.29 is 4.79 Å². The van der Waals surface area contributed by atoms with E-state index in [-0.39, 0.29) is 11.8 Å². The first kappa shape index (κ1) is 15.9. The fourth-order valence-electron chi connectivity index (χ4n) is 3.93. The first-order valence-electron chi connectivity index (χ1n) is 8.62. The van der Waals surface area contributed by atoms with Gasteiger partial charge in [0.05, 0.1) is 11.4 Å². The summed E-state index contributed by atoms with van der Waals surface area (Å²) in [7, 11) is 0. The largest absolute Gasteiger partial charge is 0.341 e. The van der Waals surface area contributed by atoms with Gasteiger partial charge in [-0.05, 0) is 48.8 Å². The first-order valence-corrected chi connectivity index (χ1v) is 8.62. The Morgan fingerprint density at radius 3 is 2.74 bits per heavy atom. The van der Waals surface area contributed by atoms with Crippen molar-refractivity contribution in [1.29, 1.82) is 0 Å². The molecule has 1 aliphatic carbocycles. The van der Waals surface area contributed by atoms with Crippen LogP contribution in [0.1, 0.15) is 40.0 Å². The molecule has 4 nitrogen and oxygen atoms in total. The molecule has 1 heterocycles. The molecule has 1 aromatic rings. The summed E-state index contributed by atoms with van der Waals surface area (Å²) in [5.41, 5.74) is 2.81. The zero-order valence-corrected chi connectivity index (χ0v) is 14.3. The van der Waals surface area contributed by atoms with Gasteiger partial charge in [-0.3, -0.25) is 4.79 Å². The third-order valence-electron chi connectivity index (χ3n) is 5.22. The first-order chi connectivity index (χ1) is 10.9. The minimum absolute atomic E-state index is 0.119. The van der Waals surface area contributed by atoms with E-state index in [4.69, 9.17) is 0 Å². The second kappa shape index (κ2) is 6.26. The molecule has 1 aromatic carbocycles. The maximum Gasteiger partial charge on any atom is 0.227 e. The highest BCUT2D eigenvalue weighted by Crippen LogP contribution is 2.39. The van der Waals surface area contributed by atoms with Crippen LogP contribution in [0.3, 0.4) is 0 Å². The molecule has 0 saturated heterocycles. The molecule has 3 rings (SSSR count). The molecule has 0 aromatic heterocycles.